The van der Waals surface area contributed by atoms with Gasteiger partial charge in [0, 0.05) is 23.9 Å². The number of carbonyl (C=O) groups excluding carboxylic acids is 2. The average molecular weight is 498 g/mol. The lowest BCUT2D eigenvalue weighted by Gasteiger charge is -2.38. The lowest BCUT2D eigenvalue weighted by atomic mass is 9.85. The number of aliphatic carboxylic acids is 1. The minimum atomic E-state index is -1.07. The molecule has 3 N–H and O–H groups in total. The standard InChI is InChI=1S/C26H42O9/c1-16(13-23(30)33-11-9-7-5-4-6-8-10-22(28)29)12-20-25(32)24(31)19(15-34-20)14-21-26(35-21)17(2)18(3)27/h4,6,13,17-21,24-27,31-32H,5,7-12,14-15H2,1-3H3,(H,28,29)/p-1/b6-4+,16-13+/t17-,18-,19-,20-,21?,24+,25-,26?/m0/s1. The number of hydrogen-bond donors (Lipinski definition) is 3. The summed E-state index contributed by atoms with van der Waals surface area (Å²) >= 11 is 0. The number of allylic oxidation sites excluding steroid dienone is 2. The highest BCUT2D eigenvalue weighted by Crippen LogP contribution is 2.38. The van der Waals surface area contributed by atoms with Gasteiger partial charge in [0.05, 0.1) is 43.7 Å². The largest absolute Gasteiger partial charge is 0.550 e. The molecule has 2 unspecified atom stereocenters. The molecule has 0 bridgehead atoms. The number of rotatable bonds is 15. The zero-order valence-electron chi connectivity index (χ0n) is 21.0. The normalized spacial score (nSPS) is 30.7. The SMILES string of the molecule is C/C(=C\C(=O)OCCCC/C=C/CCC(=O)[O-])C[C@@H]1OC[C@H](CC2OC2[C@@H](C)[C@H](C)O)[C@@H](O)[C@H]1O. The van der Waals surface area contributed by atoms with E-state index >= 15 is 0 Å². The van der Waals surface area contributed by atoms with Gasteiger partial charge in [-0.05, 0) is 58.8 Å². The van der Waals surface area contributed by atoms with Gasteiger partial charge in [-0.2, -0.15) is 0 Å². The number of hydrogen-bond acceptors (Lipinski definition) is 9. The molecule has 2 heterocycles. The molecule has 0 radical (unpaired) electrons. The number of aliphatic hydroxyl groups excluding tert-OH is 3. The second-order valence-corrected chi connectivity index (χ2v) is 9.83. The van der Waals surface area contributed by atoms with Gasteiger partial charge in [0.25, 0.3) is 0 Å². The summed E-state index contributed by atoms with van der Waals surface area (Å²) in [5.74, 6) is -1.76. The Labute approximate surface area is 207 Å². The third-order valence-corrected chi connectivity index (χ3v) is 6.75. The first-order chi connectivity index (χ1) is 16.6. The van der Waals surface area contributed by atoms with E-state index in [9.17, 15) is 30.0 Å². The summed E-state index contributed by atoms with van der Waals surface area (Å²) in [6, 6.07) is 0. The van der Waals surface area contributed by atoms with Crippen LogP contribution in [0.5, 0.6) is 0 Å². The Morgan fingerprint density at radius 2 is 1.83 bits per heavy atom. The van der Waals surface area contributed by atoms with Gasteiger partial charge in [-0.3, -0.25) is 0 Å². The van der Waals surface area contributed by atoms with E-state index in [1.807, 2.05) is 19.1 Å². The van der Waals surface area contributed by atoms with E-state index in [-0.39, 0.29) is 43.7 Å². The number of unbranched alkanes of at least 4 members (excludes halogenated alkanes) is 2. The second-order valence-electron chi connectivity index (χ2n) is 9.83. The molecule has 200 valence electrons. The fraction of sp³-hybridized carbons (Fsp3) is 0.769. The minimum absolute atomic E-state index is 0.0112. The second kappa shape index (κ2) is 14.7. The summed E-state index contributed by atoms with van der Waals surface area (Å²) in [7, 11) is 0. The van der Waals surface area contributed by atoms with E-state index in [1.165, 1.54) is 6.08 Å². The number of ether oxygens (including phenoxy) is 3. The van der Waals surface area contributed by atoms with Crippen LogP contribution in [0.25, 0.3) is 0 Å². The maximum Gasteiger partial charge on any atom is 0.330 e. The summed E-state index contributed by atoms with van der Waals surface area (Å²) in [5.41, 5.74) is 0.692. The first-order valence-electron chi connectivity index (χ1n) is 12.6. The maximum atomic E-state index is 12.0. The van der Waals surface area contributed by atoms with Crippen molar-refractivity contribution >= 4 is 11.9 Å². The Morgan fingerprint density at radius 3 is 2.51 bits per heavy atom. The molecule has 0 aromatic carbocycles. The van der Waals surface area contributed by atoms with Crippen molar-refractivity contribution in [1.29, 1.82) is 0 Å². The number of epoxide rings is 1. The number of aliphatic hydroxyl groups is 3. The minimum Gasteiger partial charge on any atom is -0.550 e. The van der Waals surface area contributed by atoms with Crippen molar-refractivity contribution in [3.63, 3.8) is 0 Å². The lowest BCUT2D eigenvalue weighted by Crippen LogP contribution is -2.50. The summed E-state index contributed by atoms with van der Waals surface area (Å²) < 4.78 is 16.7. The fourth-order valence-electron chi connectivity index (χ4n) is 4.30. The third-order valence-electron chi connectivity index (χ3n) is 6.75. The molecule has 2 aliphatic rings. The van der Waals surface area contributed by atoms with E-state index in [0.29, 0.717) is 31.3 Å². The molecule has 35 heavy (non-hydrogen) atoms. The van der Waals surface area contributed by atoms with Crippen LogP contribution in [0.15, 0.2) is 23.8 Å². The van der Waals surface area contributed by atoms with E-state index in [4.69, 9.17) is 14.2 Å². The molecule has 2 saturated heterocycles. The van der Waals surface area contributed by atoms with Crippen LogP contribution in [-0.4, -0.2) is 77.1 Å². The molecule has 0 amide bonds. The van der Waals surface area contributed by atoms with Gasteiger partial charge in [-0.25, -0.2) is 4.79 Å². The van der Waals surface area contributed by atoms with Crippen molar-refractivity contribution in [2.45, 2.75) is 102 Å². The first-order valence-corrected chi connectivity index (χ1v) is 12.6. The molecule has 9 heteroatoms. The monoisotopic (exact) mass is 497 g/mol. The Kier molecular flexibility index (Phi) is 12.4. The van der Waals surface area contributed by atoms with E-state index in [0.717, 1.165) is 12.8 Å². The van der Waals surface area contributed by atoms with Gasteiger partial charge < -0.3 is 39.4 Å². The molecule has 8 atom stereocenters. The zero-order valence-corrected chi connectivity index (χ0v) is 21.0. The number of carbonyl (C=O) groups is 2. The van der Waals surface area contributed by atoms with E-state index in [2.05, 4.69) is 0 Å². The van der Waals surface area contributed by atoms with E-state index < -0.39 is 36.4 Å². The van der Waals surface area contributed by atoms with Crippen LogP contribution in [0.2, 0.25) is 0 Å². The Morgan fingerprint density at radius 1 is 1.11 bits per heavy atom. The van der Waals surface area contributed by atoms with Crippen molar-refractivity contribution in [3.05, 3.63) is 23.8 Å². The number of esters is 1. The lowest BCUT2D eigenvalue weighted by molar-refractivity contribution is -0.305. The maximum absolute atomic E-state index is 12.0. The molecule has 0 aromatic heterocycles. The molecule has 2 fully saturated rings. The van der Waals surface area contributed by atoms with Crippen LogP contribution in [0.1, 0.15) is 65.7 Å². The molecule has 0 spiro atoms. The van der Waals surface area contributed by atoms with Gasteiger partial charge in [0.1, 0.15) is 6.10 Å². The van der Waals surface area contributed by atoms with Gasteiger partial charge in [0.2, 0.25) is 0 Å². The fourth-order valence-corrected chi connectivity index (χ4v) is 4.30. The van der Waals surface area contributed by atoms with Crippen molar-refractivity contribution < 1.29 is 44.2 Å². The van der Waals surface area contributed by atoms with Crippen LogP contribution in [-0.2, 0) is 23.8 Å². The highest BCUT2D eigenvalue weighted by molar-refractivity contribution is 5.82. The van der Waals surface area contributed by atoms with Crippen LogP contribution in [0.3, 0.4) is 0 Å². The topological polar surface area (TPSA) is 149 Å². The van der Waals surface area contributed by atoms with E-state index in [1.54, 1.807) is 13.8 Å². The van der Waals surface area contributed by atoms with Crippen LogP contribution in [0, 0.1) is 11.8 Å². The van der Waals surface area contributed by atoms with Crippen molar-refractivity contribution in [2.24, 2.45) is 11.8 Å². The Balaban J connectivity index is 1.64. The molecule has 2 aliphatic heterocycles. The Hall–Kier alpha value is -1.78. The third kappa shape index (κ3) is 10.4. The first kappa shape index (κ1) is 29.5. The van der Waals surface area contributed by atoms with Gasteiger partial charge >= 0.3 is 5.97 Å². The highest BCUT2D eigenvalue weighted by Gasteiger charge is 2.48. The zero-order chi connectivity index (χ0) is 26.0. The van der Waals surface area contributed by atoms with Crippen molar-refractivity contribution in [3.8, 4) is 0 Å². The Bertz CT molecular complexity index is 732. The molecule has 0 aromatic rings. The predicted molar refractivity (Wildman–Crippen MR) is 126 cm³/mol. The summed E-state index contributed by atoms with van der Waals surface area (Å²) in [5, 5.41) is 41.2. The highest BCUT2D eigenvalue weighted by atomic mass is 16.6. The van der Waals surface area contributed by atoms with Gasteiger partial charge in [-0.1, -0.05) is 24.6 Å². The van der Waals surface area contributed by atoms with Crippen molar-refractivity contribution in [1.82, 2.24) is 0 Å². The van der Waals surface area contributed by atoms with Crippen molar-refractivity contribution in [2.75, 3.05) is 13.2 Å². The average Bonchev–Trinajstić information content (AvgIpc) is 3.55. The number of carboxylic acids is 1. The number of carboxylic acid groups (broad SMARTS) is 1. The van der Waals surface area contributed by atoms with Gasteiger partial charge in [-0.15, -0.1) is 0 Å². The van der Waals surface area contributed by atoms with Gasteiger partial charge in [0.15, 0.2) is 0 Å². The van der Waals surface area contributed by atoms with Crippen LogP contribution < -0.4 is 5.11 Å². The predicted octanol–water partition coefficient (Wildman–Crippen LogP) is 1.03. The smallest absolute Gasteiger partial charge is 0.330 e. The molecule has 0 saturated carbocycles. The van der Waals surface area contributed by atoms with Crippen LogP contribution in [0.4, 0.5) is 0 Å². The summed E-state index contributed by atoms with van der Waals surface area (Å²) in [6.07, 6.45) is 5.56. The molecule has 2 rings (SSSR count). The molecular weight excluding hydrogens is 456 g/mol. The summed E-state index contributed by atoms with van der Waals surface area (Å²) in [4.78, 5) is 22.3. The molecule has 0 aliphatic carbocycles. The van der Waals surface area contributed by atoms with Crippen LogP contribution >= 0.6 is 0 Å². The molecule has 9 nitrogen and oxygen atoms in total. The molecular formula is C26H41O9-. The quantitative estimate of drug-likeness (QED) is 0.0991. The summed E-state index contributed by atoms with van der Waals surface area (Å²) in [6.45, 7) is 5.99.